The first kappa shape index (κ1) is 19.5. The van der Waals surface area contributed by atoms with Gasteiger partial charge in [0.2, 0.25) is 0 Å². The molecule has 6 rings (SSSR count). The van der Waals surface area contributed by atoms with Crippen LogP contribution in [0.4, 0.5) is 5.69 Å². The van der Waals surface area contributed by atoms with Crippen LogP contribution in [0.5, 0.6) is 0 Å². The van der Waals surface area contributed by atoms with E-state index >= 15 is 0 Å². The average Bonchev–Trinajstić information content (AvgIpc) is 3.64. The third-order valence-electron chi connectivity index (χ3n) is 7.10. The molecule has 2 fully saturated rings. The van der Waals surface area contributed by atoms with Crippen LogP contribution < -0.4 is 10.5 Å². The second kappa shape index (κ2) is 7.75. The summed E-state index contributed by atoms with van der Waals surface area (Å²) >= 11 is 0. The fourth-order valence-electron chi connectivity index (χ4n) is 5.26. The van der Waals surface area contributed by atoms with Crippen molar-refractivity contribution in [1.29, 1.82) is 0 Å². The van der Waals surface area contributed by atoms with E-state index in [9.17, 15) is 4.79 Å². The number of para-hydroxylation sites is 1. The van der Waals surface area contributed by atoms with Crippen LogP contribution in [-0.2, 0) is 4.74 Å². The number of methoxy groups -OCH3 is 1. The minimum atomic E-state index is 0.103. The molecule has 3 heterocycles. The van der Waals surface area contributed by atoms with Crippen molar-refractivity contribution in [3.63, 3.8) is 0 Å². The summed E-state index contributed by atoms with van der Waals surface area (Å²) in [5, 5.41) is 2.98. The molecule has 0 N–H and O–H groups in total. The SMILES string of the molecule is COC1CCCN(c2cccc3ccn([C@@H]4CC4c4ccc5ccccc5n4)c(=O)c23)C1. The highest BCUT2D eigenvalue weighted by molar-refractivity contribution is 5.93. The van der Waals surface area contributed by atoms with Crippen molar-refractivity contribution in [2.24, 2.45) is 0 Å². The van der Waals surface area contributed by atoms with Crippen LogP contribution in [-0.4, -0.2) is 35.9 Å². The number of benzene rings is 2. The quantitative estimate of drug-likeness (QED) is 0.467. The van der Waals surface area contributed by atoms with E-state index in [2.05, 4.69) is 47.4 Å². The maximum absolute atomic E-state index is 13.7. The molecule has 3 atom stereocenters. The van der Waals surface area contributed by atoms with Crippen LogP contribution in [0.25, 0.3) is 21.7 Å². The van der Waals surface area contributed by atoms with E-state index in [0.717, 1.165) is 65.4 Å². The molecule has 0 spiro atoms. The van der Waals surface area contributed by atoms with E-state index in [-0.39, 0.29) is 23.6 Å². The fourth-order valence-corrected chi connectivity index (χ4v) is 5.26. The molecule has 2 unspecified atom stereocenters. The van der Waals surface area contributed by atoms with Crippen LogP contribution in [0.2, 0.25) is 0 Å². The van der Waals surface area contributed by atoms with Crippen LogP contribution in [0.15, 0.2) is 71.7 Å². The lowest BCUT2D eigenvalue weighted by molar-refractivity contribution is 0.0894. The fraction of sp³-hybridized carbons (Fsp3) is 0.333. The third-order valence-corrected chi connectivity index (χ3v) is 7.10. The zero-order valence-corrected chi connectivity index (χ0v) is 18.3. The lowest BCUT2D eigenvalue weighted by Gasteiger charge is -2.34. The Morgan fingerprint density at radius 3 is 2.78 bits per heavy atom. The van der Waals surface area contributed by atoms with Gasteiger partial charge in [-0.1, -0.05) is 36.4 Å². The second-order valence-corrected chi connectivity index (χ2v) is 9.05. The van der Waals surface area contributed by atoms with E-state index in [0.29, 0.717) is 0 Å². The number of anilines is 1. The van der Waals surface area contributed by atoms with Gasteiger partial charge in [-0.3, -0.25) is 9.78 Å². The van der Waals surface area contributed by atoms with Crippen molar-refractivity contribution in [1.82, 2.24) is 9.55 Å². The minimum Gasteiger partial charge on any atom is -0.380 e. The minimum absolute atomic E-state index is 0.103. The number of nitrogens with zero attached hydrogens (tertiary/aromatic N) is 3. The smallest absolute Gasteiger partial charge is 0.260 e. The monoisotopic (exact) mass is 425 g/mol. The van der Waals surface area contributed by atoms with E-state index in [1.165, 1.54) is 0 Å². The van der Waals surface area contributed by atoms with E-state index in [1.807, 2.05) is 29.0 Å². The van der Waals surface area contributed by atoms with Gasteiger partial charge in [-0.2, -0.15) is 0 Å². The normalized spacial score (nSPS) is 23.0. The number of pyridine rings is 2. The molecule has 32 heavy (non-hydrogen) atoms. The molecule has 1 saturated heterocycles. The molecular formula is C27H27N3O2. The molecule has 2 aromatic heterocycles. The summed E-state index contributed by atoms with van der Waals surface area (Å²) in [6.07, 6.45) is 5.29. The maximum atomic E-state index is 13.7. The van der Waals surface area contributed by atoms with E-state index < -0.39 is 0 Å². The highest BCUT2D eigenvalue weighted by atomic mass is 16.5. The summed E-state index contributed by atoms with van der Waals surface area (Å²) in [4.78, 5) is 20.9. The first-order valence-corrected chi connectivity index (χ1v) is 11.5. The second-order valence-electron chi connectivity index (χ2n) is 9.05. The van der Waals surface area contributed by atoms with Crippen molar-refractivity contribution in [3.8, 4) is 0 Å². The summed E-state index contributed by atoms with van der Waals surface area (Å²) < 4.78 is 7.55. The zero-order valence-electron chi connectivity index (χ0n) is 18.3. The van der Waals surface area contributed by atoms with Crippen LogP contribution >= 0.6 is 0 Å². The Morgan fingerprint density at radius 1 is 1.00 bits per heavy atom. The molecule has 0 amide bonds. The van der Waals surface area contributed by atoms with Gasteiger partial charge in [0.05, 0.1) is 22.7 Å². The molecule has 5 heteroatoms. The number of piperidine rings is 1. The van der Waals surface area contributed by atoms with Crippen molar-refractivity contribution >= 4 is 27.4 Å². The van der Waals surface area contributed by atoms with Crippen LogP contribution in [0.1, 0.15) is 36.9 Å². The highest BCUT2D eigenvalue weighted by Gasteiger charge is 2.42. The van der Waals surface area contributed by atoms with Gasteiger partial charge in [0.1, 0.15) is 0 Å². The van der Waals surface area contributed by atoms with Gasteiger partial charge >= 0.3 is 0 Å². The van der Waals surface area contributed by atoms with Crippen molar-refractivity contribution in [2.75, 3.05) is 25.1 Å². The molecule has 1 aliphatic heterocycles. The Kier molecular flexibility index (Phi) is 4.72. The number of hydrogen-bond donors (Lipinski definition) is 0. The molecule has 2 aliphatic rings. The van der Waals surface area contributed by atoms with Gasteiger partial charge in [-0.05, 0) is 48.9 Å². The molecule has 0 bridgehead atoms. The summed E-state index contributed by atoms with van der Waals surface area (Å²) in [6.45, 7) is 1.79. The molecule has 2 aromatic carbocycles. The largest absolute Gasteiger partial charge is 0.380 e. The Labute approximate surface area is 187 Å². The number of hydrogen-bond acceptors (Lipinski definition) is 4. The van der Waals surface area contributed by atoms with Gasteiger partial charge in [0.15, 0.2) is 0 Å². The topological polar surface area (TPSA) is 47.4 Å². The summed E-state index contributed by atoms with van der Waals surface area (Å²) in [5.74, 6) is 0.287. The van der Waals surface area contributed by atoms with Gasteiger partial charge in [-0.15, -0.1) is 0 Å². The first-order chi connectivity index (χ1) is 15.7. The van der Waals surface area contributed by atoms with Gasteiger partial charge in [0, 0.05) is 49.4 Å². The molecular weight excluding hydrogens is 398 g/mol. The Bertz CT molecular complexity index is 1360. The van der Waals surface area contributed by atoms with Crippen molar-refractivity contribution in [2.45, 2.75) is 37.3 Å². The predicted molar refractivity (Wildman–Crippen MR) is 129 cm³/mol. The molecule has 1 aliphatic carbocycles. The van der Waals surface area contributed by atoms with E-state index in [4.69, 9.17) is 9.72 Å². The van der Waals surface area contributed by atoms with Gasteiger partial charge in [0.25, 0.3) is 5.56 Å². The average molecular weight is 426 g/mol. The summed E-state index contributed by atoms with van der Waals surface area (Å²) in [7, 11) is 1.78. The van der Waals surface area contributed by atoms with E-state index in [1.54, 1.807) is 7.11 Å². The standard InChI is InChI=1S/C27H27N3O2/c1-32-20-8-5-14-29(17-20)24-10-4-7-19-13-15-30(27(31)26(19)24)25-16-21(25)23-12-11-18-6-2-3-9-22(18)28-23/h2-4,6-7,9-13,15,20-21,25H,5,8,14,16-17H2,1H3/t20?,21?,25-/m1/s1. The number of aromatic nitrogens is 2. The molecule has 4 aromatic rings. The number of ether oxygens (including phenoxy) is 1. The van der Waals surface area contributed by atoms with Gasteiger partial charge < -0.3 is 14.2 Å². The maximum Gasteiger partial charge on any atom is 0.260 e. The third kappa shape index (κ3) is 3.28. The first-order valence-electron chi connectivity index (χ1n) is 11.5. The summed E-state index contributed by atoms with van der Waals surface area (Å²) in [5.41, 5.74) is 3.23. The predicted octanol–water partition coefficient (Wildman–Crippen LogP) is 4.89. The lowest BCUT2D eigenvalue weighted by Crippen LogP contribution is -2.39. The Balaban J connectivity index is 1.36. The summed E-state index contributed by atoms with van der Waals surface area (Å²) in [6, 6.07) is 20.9. The van der Waals surface area contributed by atoms with Crippen LogP contribution in [0, 0.1) is 0 Å². The van der Waals surface area contributed by atoms with Crippen molar-refractivity contribution < 1.29 is 4.74 Å². The molecule has 162 valence electrons. The molecule has 5 nitrogen and oxygen atoms in total. The lowest BCUT2D eigenvalue weighted by atomic mass is 10.0. The zero-order chi connectivity index (χ0) is 21.7. The van der Waals surface area contributed by atoms with Gasteiger partial charge in [-0.25, -0.2) is 0 Å². The number of fused-ring (bicyclic) bond motifs is 2. The Morgan fingerprint density at radius 2 is 1.88 bits per heavy atom. The molecule has 0 radical (unpaired) electrons. The van der Waals surface area contributed by atoms with Crippen LogP contribution in [0.3, 0.4) is 0 Å². The highest BCUT2D eigenvalue weighted by Crippen LogP contribution is 2.50. The Hall–Kier alpha value is -3.18. The molecule has 1 saturated carbocycles. The number of rotatable bonds is 4. The van der Waals surface area contributed by atoms with Crippen molar-refractivity contribution in [3.05, 3.63) is 82.9 Å².